The van der Waals surface area contributed by atoms with Gasteiger partial charge in [0, 0.05) is 6.42 Å². The molecule has 0 aliphatic heterocycles. The Morgan fingerprint density at radius 3 is 1.49 bits per heavy atom. The molecule has 1 amide bonds. The van der Waals surface area contributed by atoms with Crippen molar-refractivity contribution in [3.05, 3.63) is 85.1 Å². The number of aliphatic hydroxyl groups is 1. The van der Waals surface area contributed by atoms with E-state index in [1.807, 2.05) is 27.2 Å². The molecule has 3 N–H and O–H groups in total. The maximum atomic E-state index is 12.8. The maximum Gasteiger partial charge on any atom is 0.472 e. The molecule has 3 atom stereocenters. The SMILES string of the molecule is CC/C=C\C/C=C\C/C=C\C/C=C\C/C=C\C/C=C\CCCCCCCCCCCCC(=O)NC(COP(=O)(O)OCC[N+](C)(C)C)C(O)/C=C/CCCCCCCC. The van der Waals surface area contributed by atoms with Gasteiger partial charge in [-0.2, -0.15) is 0 Å². The number of hydrogen-bond donors (Lipinski definition) is 3. The van der Waals surface area contributed by atoms with Crippen LogP contribution in [0.5, 0.6) is 0 Å². The molecule has 0 saturated heterocycles. The lowest BCUT2D eigenvalue weighted by molar-refractivity contribution is -0.870. The largest absolute Gasteiger partial charge is 0.472 e. The molecule has 59 heavy (non-hydrogen) atoms. The number of likely N-dealkylation sites (N-methyl/N-ethyl adjacent to an activating group) is 1. The summed E-state index contributed by atoms with van der Waals surface area (Å²) in [5.41, 5.74) is 0. The fraction of sp³-hybridized carbons (Fsp3) is 0.700. The molecule has 340 valence electrons. The van der Waals surface area contributed by atoms with Gasteiger partial charge in [-0.1, -0.05) is 182 Å². The minimum Gasteiger partial charge on any atom is -0.387 e. The van der Waals surface area contributed by atoms with Crippen molar-refractivity contribution < 1.29 is 32.9 Å². The molecule has 0 aromatic heterocycles. The van der Waals surface area contributed by atoms with Crippen LogP contribution in [0.3, 0.4) is 0 Å². The number of nitrogens with one attached hydrogen (secondary N) is 1. The van der Waals surface area contributed by atoms with Crippen molar-refractivity contribution in [2.24, 2.45) is 0 Å². The standard InChI is InChI=1S/C50H89N2O6P/c1-6-8-10-12-14-16-17-18-19-20-21-22-23-24-25-26-27-28-29-30-31-32-33-34-35-36-38-40-42-44-50(54)51-48(47-58-59(55,56)57-46-45-52(3,4)5)49(53)43-41-39-37-15-13-11-9-7-2/h8,10,14,16,18-19,21-22,24-25,27-28,41,43,48-49,53H,6-7,9,11-13,15,17,20,23,26,29-40,42,44-47H2,1-5H3,(H-,51,54,55,56)/p+1/b10-8-,16-14-,19-18-,22-21-,25-24-,28-27-,43-41+. The molecule has 0 fully saturated rings. The third kappa shape index (κ3) is 43.6. The van der Waals surface area contributed by atoms with Gasteiger partial charge in [-0.05, 0) is 70.6 Å². The Balaban J connectivity index is 4.13. The number of phosphoric acid groups is 1. The van der Waals surface area contributed by atoms with E-state index in [0.29, 0.717) is 17.4 Å². The summed E-state index contributed by atoms with van der Waals surface area (Å²) in [6.07, 6.45) is 56.7. The average molecular weight is 846 g/mol. The van der Waals surface area contributed by atoms with E-state index in [2.05, 4.69) is 92.1 Å². The third-order valence-corrected chi connectivity index (χ3v) is 10.9. The molecule has 0 rings (SSSR count). The molecule has 0 aromatic carbocycles. The van der Waals surface area contributed by atoms with Gasteiger partial charge in [-0.25, -0.2) is 4.57 Å². The number of allylic oxidation sites excluding steroid dienone is 13. The number of carbonyl (C=O) groups excluding carboxylic acids is 1. The normalized spacial score (nSPS) is 15.0. The summed E-state index contributed by atoms with van der Waals surface area (Å²) < 4.78 is 23.5. The number of aliphatic hydroxyl groups excluding tert-OH is 1. The van der Waals surface area contributed by atoms with Gasteiger partial charge >= 0.3 is 7.82 Å². The molecule has 9 heteroatoms. The first-order valence-electron chi connectivity index (χ1n) is 23.5. The van der Waals surface area contributed by atoms with Crippen LogP contribution in [0.25, 0.3) is 0 Å². The molecule has 0 aliphatic carbocycles. The smallest absolute Gasteiger partial charge is 0.387 e. The molecule has 0 heterocycles. The van der Waals surface area contributed by atoms with Crippen molar-refractivity contribution in [2.75, 3.05) is 40.9 Å². The van der Waals surface area contributed by atoms with Crippen LogP contribution >= 0.6 is 7.82 Å². The van der Waals surface area contributed by atoms with Gasteiger partial charge in [0.15, 0.2) is 0 Å². The van der Waals surface area contributed by atoms with E-state index in [0.717, 1.165) is 83.5 Å². The third-order valence-electron chi connectivity index (χ3n) is 9.87. The zero-order valence-electron chi connectivity index (χ0n) is 38.5. The number of amides is 1. The zero-order valence-corrected chi connectivity index (χ0v) is 39.4. The average Bonchev–Trinajstić information content (AvgIpc) is 3.19. The predicted molar refractivity (Wildman–Crippen MR) is 253 cm³/mol. The summed E-state index contributed by atoms with van der Waals surface area (Å²) in [6.45, 7) is 4.63. The number of nitrogens with zero attached hydrogens (tertiary/aromatic N) is 1. The Morgan fingerprint density at radius 2 is 1.02 bits per heavy atom. The summed E-state index contributed by atoms with van der Waals surface area (Å²) in [4.78, 5) is 23.1. The number of rotatable bonds is 41. The Bertz CT molecular complexity index is 1230. The number of carbonyl (C=O) groups is 1. The predicted octanol–water partition coefficient (Wildman–Crippen LogP) is 13.4. The minimum absolute atomic E-state index is 0.0563. The lowest BCUT2D eigenvalue weighted by Gasteiger charge is -2.25. The van der Waals surface area contributed by atoms with Crippen LogP contribution in [0.1, 0.15) is 174 Å². The quantitative estimate of drug-likeness (QED) is 0.0245. The maximum absolute atomic E-state index is 12.8. The highest BCUT2D eigenvalue weighted by atomic mass is 31.2. The topological polar surface area (TPSA) is 105 Å². The van der Waals surface area contributed by atoms with Gasteiger partial charge in [0.05, 0.1) is 39.9 Å². The van der Waals surface area contributed by atoms with Crippen molar-refractivity contribution in [3.8, 4) is 0 Å². The van der Waals surface area contributed by atoms with Gasteiger partial charge in [0.25, 0.3) is 0 Å². The second-order valence-corrected chi connectivity index (χ2v) is 18.2. The Kier molecular flexibility index (Phi) is 39.4. The van der Waals surface area contributed by atoms with E-state index in [9.17, 15) is 19.4 Å². The number of quaternary nitrogens is 1. The monoisotopic (exact) mass is 846 g/mol. The number of phosphoric ester groups is 1. The molecule has 0 bridgehead atoms. The van der Waals surface area contributed by atoms with Crippen LogP contribution in [0, 0.1) is 0 Å². The van der Waals surface area contributed by atoms with Gasteiger partial charge in [0.2, 0.25) is 5.91 Å². The fourth-order valence-electron chi connectivity index (χ4n) is 6.16. The summed E-state index contributed by atoms with van der Waals surface area (Å²) in [5, 5.41) is 13.7. The van der Waals surface area contributed by atoms with E-state index in [1.165, 1.54) is 70.6 Å². The van der Waals surface area contributed by atoms with Crippen molar-refractivity contribution >= 4 is 13.7 Å². The van der Waals surface area contributed by atoms with Crippen molar-refractivity contribution in [2.45, 2.75) is 187 Å². The molecule has 0 saturated carbocycles. The number of unbranched alkanes of at least 4 members (excludes halogenated alkanes) is 16. The van der Waals surface area contributed by atoms with Crippen LogP contribution in [-0.4, -0.2) is 73.4 Å². The summed E-state index contributed by atoms with van der Waals surface area (Å²) in [5.74, 6) is -0.190. The highest BCUT2D eigenvalue weighted by molar-refractivity contribution is 7.47. The Hall–Kier alpha value is -2.32. The van der Waals surface area contributed by atoms with Crippen LogP contribution in [0.4, 0.5) is 0 Å². The molecule has 0 aromatic rings. The Morgan fingerprint density at radius 1 is 0.593 bits per heavy atom. The highest BCUT2D eigenvalue weighted by Gasteiger charge is 2.27. The van der Waals surface area contributed by atoms with Crippen LogP contribution in [0.15, 0.2) is 85.1 Å². The molecular formula is C50H90N2O6P+. The molecular weight excluding hydrogens is 756 g/mol. The summed E-state index contributed by atoms with van der Waals surface area (Å²) >= 11 is 0. The first kappa shape index (κ1) is 56.7. The lowest BCUT2D eigenvalue weighted by atomic mass is 10.0. The second-order valence-electron chi connectivity index (χ2n) is 16.8. The molecule has 8 nitrogen and oxygen atoms in total. The van der Waals surface area contributed by atoms with Crippen LogP contribution in [-0.2, 0) is 18.4 Å². The zero-order chi connectivity index (χ0) is 43.6. The van der Waals surface area contributed by atoms with E-state index in [-0.39, 0.29) is 19.1 Å². The van der Waals surface area contributed by atoms with Crippen LogP contribution < -0.4 is 5.32 Å². The summed E-state index contributed by atoms with van der Waals surface area (Å²) in [7, 11) is 1.55. The van der Waals surface area contributed by atoms with Crippen molar-refractivity contribution in [3.63, 3.8) is 0 Å². The highest BCUT2D eigenvalue weighted by Crippen LogP contribution is 2.43. The van der Waals surface area contributed by atoms with Crippen LogP contribution in [0.2, 0.25) is 0 Å². The first-order chi connectivity index (χ1) is 28.5. The molecule has 0 aliphatic rings. The van der Waals surface area contributed by atoms with E-state index in [1.54, 1.807) is 6.08 Å². The second kappa shape index (κ2) is 41.1. The minimum atomic E-state index is -4.34. The lowest BCUT2D eigenvalue weighted by Crippen LogP contribution is -2.45. The number of hydrogen-bond acceptors (Lipinski definition) is 5. The van der Waals surface area contributed by atoms with E-state index < -0.39 is 20.0 Å². The van der Waals surface area contributed by atoms with Crippen molar-refractivity contribution in [1.82, 2.24) is 5.32 Å². The Labute approximate surface area is 363 Å². The first-order valence-corrected chi connectivity index (χ1v) is 25.0. The van der Waals surface area contributed by atoms with Gasteiger partial charge in [-0.15, -0.1) is 0 Å². The van der Waals surface area contributed by atoms with Gasteiger partial charge in [-0.3, -0.25) is 13.8 Å². The van der Waals surface area contributed by atoms with Crippen molar-refractivity contribution in [1.29, 1.82) is 0 Å². The fourth-order valence-corrected chi connectivity index (χ4v) is 6.90. The molecule has 0 radical (unpaired) electrons. The van der Waals surface area contributed by atoms with E-state index >= 15 is 0 Å². The van der Waals surface area contributed by atoms with Gasteiger partial charge < -0.3 is 19.8 Å². The van der Waals surface area contributed by atoms with Gasteiger partial charge in [0.1, 0.15) is 13.2 Å². The van der Waals surface area contributed by atoms with E-state index in [4.69, 9.17) is 9.05 Å². The summed E-state index contributed by atoms with van der Waals surface area (Å²) in [6, 6.07) is -0.851. The molecule has 0 spiro atoms. The molecule has 3 unspecified atom stereocenters.